The van der Waals surface area contributed by atoms with Crippen molar-refractivity contribution >= 4 is 17.4 Å². The SMILES string of the molecule is CCN(CC)CCN(C)C(=O)c1cnc2c(-c3ccccn3)c(N)nn2c1. The first-order valence-electron chi connectivity index (χ1n) is 9.08. The molecular weight excluding hydrogens is 342 g/mol. The van der Waals surface area contributed by atoms with Gasteiger partial charge in [-0.1, -0.05) is 19.9 Å². The Labute approximate surface area is 158 Å². The number of likely N-dealkylation sites (N-methyl/N-ethyl adjacent to an activating group) is 2. The third kappa shape index (κ3) is 3.90. The monoisotopic (exact) mass is 367 g/mol. The molecule has 27 heavy (non-hydrogen) atoms. The van der Waals surface area contributed by atoms with Gasteiger partial charge < -0.3 is 15.5 Å². The maximum atomic E-state index is 12.7. The van der Waals surface area contributed by atoms with Gasteiger partial charge in [-0.05, 0) is 25.2 Å². The average Bonchev–Trinajstić information content (AvgIpc) is 3.03. The fourth-order valence-corrected chi connectivity index (χ4v) is 2.97. The number of pyridine rings is 1. The Morgan fingerprint density at radius 3 is 2.63 bits per heavy atom. The molecule has 0 aliphatic rings. The Balaban J connectivity index is 1.84. The highest BCUT2D eigenvalue weighted by molar-refractivity contribution is 5.94. The smallest absolute Gasteiger partial charge is 0.256 e. The molecule has 2 N–H and O–H groups in total. The van der Waals surface area contributed by atoms with E-state index in [1.807, 2.05) is 18.2 Å². The standard InChI is InChI=1S/C19H25N7O/c1-4-25(5-2)11-10-24(3)19(27)14-12-22-18-16(15-8-6-7-9-21-15)17(20)23-26(18)13-14/h6-9,12-13H,4-5,10-11H2,1-3H3,(H2,20,23). The number of nitrogens with two attached hydrogens (primary N) is 1. The molecular formula is C19H25N7O. The summed E-state index contributed by atoms with van der Waals surface area (Å²) in [5.41, 5.74) is 8.49. The Kier molecular flexibility index (Phi) is 5.66. The molecule has 0 saturated carbocycles. The lowest BCUT2D eigenvalue weighted by molar-refractivity contribution is 0.0778. The number of aromatic nitrogens is 4. The number of nitrogens with zero attached hydrogens (tertiary/aromatic N) is 6. The first-order chi connectivity index (χ1) is 13.0. The minimum atomic E-state index is -0.0926. The first kappa shape index (κ1) is 18.8. The van der Waals surface area contributed by atoms with E-state index in [1.54, 1.807) is 35.1 Å². The summed E-state index contributed by atoms with van der Waals surface area (Å²) in [5, 5.41) is 4.31. The average molecular weight is 367 g/mol. The van der Waals surface area contributed by atoms with Gasteiger partial charge in [-0.3, -0.25) is 9.78 Å². The Morgan fingerprint density at radius 2 is 1.96 bits per heavy atom. The zero-order valence-electron chi connectivity index (χ0n) is 16.0. The zero-order valence-corrected chi connectivity index (χ0v) is 16.0. The van der Waals surface area contributed by atoms with Crippen molar-refractivity contribution in [2.45, 2.75) is 13.8 Å². The number of carbonyl (C=O) groups is 1. The van der Waals surface area contributed by atoms with Gasteiger partial charge >= 0.3 is 0 Å². The van der Waals surface area contributed by atoms with E-state index in [0.717, 1.165) is 19.6 Å². The fraction of sp³-hybridized carbons (Fsp3) is 0.368. The van der Waals surface area contributed by atoms with Crippen molar-refractivity contribution in [2.24, 2.45) is 0 Å². The zero-order chi connectivity index (χ0) is 19.4. The maximum absolute atomic E-state index is 12.7. The van der Waals surface area contributed by atoms with Crippen LogP contribution in [0.1, 0.15) is 24.2 Å². The molecule has 0 saturated heterocycles. The van der Waals surface area contributed by atoms with Gasteiger partial charge in [0.1, 0.15) is 0 Å². The number of hydrogen-bond acceptors (Lipinski definition) is 6. The van der Waals surface area contributed by atoms with Crippen LogP contribution >= 0.6 is 0 Å². The topological polar surface area (TPSA) is 92.6 Å². The third-order valence-corrected chi connectivity index (χ3v) is 4.66. The van der Waals surface area contributed by atoms with Gasteiger partial charge in [0.25, 0.3) is 5.91 Å². The minimum absolute atomic E-state index is 0.0926. The number of rotatable bonds is 7. The highest BCUT2D eigenvalue weighted by Crippen LogP contribution is 2.27. The highest BCUT2D eigenvalue weighted by Gasteiger charge is 2.18. The van der Waals surface area contributed by atoms with Crippen LogP contribution in [0.3, 0.4) is 0 Å². The summed E-state index contributed by atoms with van der Waals surface area (Å²) in [6, 6.07) is 5.58. The van der Waals surface area contributed by atoms with Crippen LogP contribution in [0, 0.1) is 0 Å². The second-order valence-corrected chi connectivity index (χ2v) is 6.34. The molecule has 0 aliphatic carbocycles. The molecule has 0 atom stereocenters. The van der Waals surface area contributed by atoms with E-state index in [0.29, 0.717) is 34.8 Å². The molecule has 0 unspecified atom stereocenters. The molecule has 3 aromatic heterocycles. The molecule has 0 fully saturated rings. The van der Waals surface area contributed by atoms with E-state index in [2.05, 4.69) is 33.8 Å². The van der Waals surface area contributed by atoms with Crippen molar-refractivity contribution in [1.82, 2.24) is 29.4 Å². The number of carbonyl (C=O) groups excluding carboxylic acids is 1. The van der Waals surface area contributed by atoms with Gasteiger partial charge in [0, 0.05) is 38.7 Å². The highest BCUT2D eigenvalue weighted by atomic mass is 16.2. The van der Waals surface area contributed by atoms with E-state index < -0.39 is 0 Å². The Bertz CT molecular complexity index is 918. The predicted octanol–water partition coefficient (Wildman–Crippen LogP) is 1.79. The molecule has 0 aromatic carbocycles. The largest absolute Gasteiger partial charge is 0.382 e. The van der Waals surface area contributed by atoms with Gasteiger partial charge in [0.2, 0.25) is 0 Å². The lowest BCUT2D eigenvalue weighted by atomic mass is 10.2. The fourth-order valence-electron chi connectivity index (χ4n) is 2.97. The summed E-state index contributed by atoms with van der Waals surface area (Å²) >= 11 is 0. The van der Waals surface area contributed by atoms with E-state index in [-0.39, 0.29) is 5.91 Å². The molecule has 3 aromatic rings. The van der Waals surface area contributed by atoms with E-state index in [1.165, 1.54) is 0 Å². The molecule has 3 heterocycles. The van der Waals surface area contributed by atoms with E-state index in [9.17, 15) is 4.79 Å². The molecule has 8 heteroatoms. The molecule has 8 nitrogen and oxygen atoms in total. The maximum Gasteiger partial charge on any atom is 0.256 e. The van der Waals surface area contributed by atoms with Gasteiger partial charge in [-0.25, -0.2) is 9.50 Å². The van der Waals surface area contributed by atoms with Gasteiger partial charge in [0.05, 0.1) is 16.8 Å². The second-order valence-electron chi connectivity index (χ2n) is 6.34. The van der Waals surface area contributed by atoms with Crippen LogP contribution in [-0.4, -0.2) is 68.5 Å². The second kappa shape index (κ2) is 8.13. The van der Waals surface area contributed by atoms with Gasteiger partial charge in [-0.15, -0.1) is 5.10 Å². The molecule has 0 aliphatic heterocycles. The number of fused-ring (bicyclic) bond motifs is 1. The summed E-state index contributed by atoms with van der Waals surface area (Å²) in [4.78, 5) is 25.5. The van der Waals surface area contributed by atoms with Crippen LogP contribution in [0.4, 0.5) is 5.82 Å². The summed E-state index contributed by atoms with van der Waals surface area (Å²) in [6.07, 6.45) is 4.93. The molecule has 0 radical (unpaired) electrons. The van der Waals surface area contributed by atoms with Crippen LogP contribution in [0.5, 0.6) is 0 Å². The van der Waals surface area contributed by atoms with E-state index in [4.69, 9.17) is 5.73 Å². The van der Waals surface area contributed by atoms with Gasteiger partial charge in [-0.2, -0.15) is 0 Å². The van der Waals surface area contributed by atoms with Crippen molar-refractivity contribution < 1.29 is 4.79 Å². The number of anilines is 1. The summed E-state index contributed by atoms with van der Waals surface area (Å²) in [7, 11) is 1.80. The predicted molar refractivity (Wildman–Crippen MR) is 105 cm³/mol. The number of hydrogen-bond donors (Lipinski definition) is 1. The van der Waals surface area contributed by atoms with Crippen LogP contribution in [0.15, 0.2) is 36.8 Å². The summed E-state index contributed by atoms with van der Waals surface area (Å²) in [5.74, 6) is 0.241. The summed E-state index contributed by atoms with van der Waals surface area (Å²) in [6.45, 7) is 7.65. The normalized spacial score (nSPS) is 11.3. The lowest BCUT2D eigenvalue weighted by Gasteiger charge is -2.23. The molecule has 1 amide bonds. The van der Waals surface area contributed by atoms with Crippen LogP contribution < -0.4 is 5.73 Å². The van der Waals surface area contributed by atoms with Gasteiger partial charge in [0.15, 0.2) is 11.5 Å². The Morgan fingerprint density at radius 1 is 1.19 bits per heavy atom. The number of nitrogen functional groups attached to an aromatic ring is 1. The Hall–Kier alpha value is -3.00. The van der Waals surface area contributed by atoms with Crippen molar-refractivity contribution in [2.75, 3.05) is 39.0 Å². The van der Waals surface area contributed by atoms with Crippen LogP contribution in [0.2, 0.25) is 0 Å². The summed E-state index contributed by atoms with van der Waals surface area (Å²) < 4.78 is 1.55. The quantitative estimate of drug-likeness (QED) is 0.684. The third-order valence-electron chi connectivity index (χ3n) is 4.66. The van der Waals surface area contributed by atoms with Crippen molar-refractivity contribution in [3.63, 3.8) is 0 Å². The van der Waals surface area contributed by atoms with Crippen molar-refractivity contribution in [3.05, 3.63) is 42.4 Å². The first-order valence-corrected chi connectivity index (χ1v) is 9.08. The molecule has 0 spiro atoms. The lowest BCUT2D eigenvalue weighted by Crippen LogP contribution is -2.36. The number of amides is 1. The molecule has 3 rings (SSSR count). The van der Waals surface area contributed by atoms with Crippen molar-refractivity contribution in [3.8, 4) is 11.3 Å². The molecule has 0 bridgehead atoms. The minimum Gasteiger partial charge on any atom is -0.382 e. The van der Waals surface area contributed by atoms with Crippen LogP contribution in [0.25, 0.3) is 16.9 Å². The molecule has 142 valence electrons. The van der Waals surface area contributed by atoms with E-state index >= 15 is 0 Å². The van der Waals surface area contributed by atoms with Crippen molar-refractivity contribution in [1.29, 1.82) is 0 Å². The van der Waals surface area contributed by atoms with Crippen LogP contribution in [-0.2, 0) is 0 Å².